The highest BCUT2D eigenvalue weighted by Crippen LogP contribution is 2.42. The zero-order valence-electron chi connectivity index (χ0n) is 17.0. The van der Waals surface area contributed by atoms with Gasteiger partial charge in [-0.25, -0.2) is 9.97 Å². The quantitative estimate of drug-likeness (QED) is 0.380. The van der Waals surface area contributed by atoms with Gasteiger partial charge in [-0.15, -0.1) is 0 Å². The van der Waals surface area contributed by atoms with Crippen LogP contribution >= 0.6 is 11.6 Å². The van der Waals surface area contributed by atoms with Crippen LogP contribution in [0.25, 0.3) is 10.9 Å². The van der Waals surface area contributed by atoms with E-state index < -0.39 is 17.9 Å². The van der Waals surface area contributed by atoms with Crippen molar-refractivity contribution in [2.75, 3.05) is 17.2 Å². The molecule has 0 aliphatic carbocycles. The van der Waals surface area contributed by atoms with Gasteiger partial charge in [-0.1, -0.05) is 41.4 Å². The van der Waals surface area contributed by atoms with Crippen molar-refractivity contribution in [1.29, 1.82) is 0 Å². The van der Waals surface area contributed by atoms with Gasteiger partial charge in [0.2, 0.25) is 5.95 Å². The molecule has 0 spiro atoms. The number of aromatic amines is 1. The van der Waals surface area contributed by atoms with Crippen LogP contribution < -0.4 is 10.6 Å². The van der Waals surface area contributed by atoms with E-state index in [0.29, 0.717) is 23.7 Å². The molecule has 0 radical (unpaired) electrons. The Balaban J connectivity index is 1.71. The second kappa shape index (κ2) is 7.41. The first kappa shape index (κ1) is 20.6. The molecular formula is C23H19ClF3N5. The molecule has 3 heterocycles. The first-order valence-corrected chi connectivity index (χ1v) is 10.4. The molecule has 2 aromatic carbocycles. The number of rotatable bonds is 2. The second-order valence-corrected chi connectivity index (χ2v) is 8.37. The molecule has 9 heteroatoms. The number of H-pyrrole nitrogens is 1. The van der Waals surface area contributed by atoms with E-state index >= 15 is 0 Å². The molecule has 1 aliphatic heterocycles. The van der Waals surface area contributed by atoms with E-state index in [4.69, 9.17) is 17.3 Å². The summed E-state index contributed by atoms with van der Waals surface area (Å²) in [5.74, 6) is 0.0284. The molecule has 0 bridgehead atoms. The molecule has 5 nitrogen and oxygen atoms in total. The zero-order valence-corrected chi connectivity index (χ0v) is 17.8. The number of hydrogen-bond donors (Lipinski definition) is 2. The van der Waals surface area contributed by atoms with Crippen LogP contribution in [0.5, 0.6) is 0 Å². The van der Waals surface area contributed by atoms with E-state index in [1.807, 2.05) is 37.3 Å². The second-order valence-electron chi connectivity index (χ2n) is 7.93. The molecule has 3 N–H and O–H groups in total. The lowest BCUT2D eigenvalue weighted by molar-refractivity contribution is -0.141. The van der Waals surface area contributed by atoms with E-state index in [9.17, 15) is 13.2 Å². The number of halogens is 4. The van der Waals surface area contributed by atoms with Crippen molar-refractivity contribution in [2.24, 2.45) is 0 Å². The number of benzene rings is 2. The molecular weight excluding hydrogens is 439 g/mol. The third-order valence-corrected chi connectivity index (χ3v) is 6.03. The van der Waals surface area contributed by atoms with Crippen molar-refractivity contribution in [1.82, 2.24) is 15.0 Å². The Bertz CT molecular complexity index is 1310. The topological polar surface area (TPSA) is 70.8 Å². The van der Waals surface area contributed by atoms with E-state index in [0.717, 1.165) is 45.6 Å². The summed E-state index contributed by atoms with van der Waals surface area (Å²) in [4.78, 5) is 13.3. The van der Waals surface area contributed by atoms with E-state index in [1.165, 1.54) is 0 Å². The summed E-state index contributed by atoms with van der Waals surface area (Å²) in [5, 5.41) is 1.46. The highest BCUT2D eigenvalue weighted by atomic mass is 35.5. The predicted molar refractivity (Wildman–Crippen MR) is 119 cm³/mol. The number of nitrogens with one attached hydrogen (secondary N) is 1. The van der Waals surface area contributed by atoms with Crippen LogP contribution in [0.4, 0.5) is 24.8 Å². The highest BCUT2D eigenvalue weighted by Gasteiger charge is 2.37. The lowest BCUT2D eigenvalue weighted by Gasteiger charge is -2.36. The molecule has 5 rings (SSSR count). The van der Waals surface area contributed by atoms with Crippen molar-refractivity contribution in [3.63, 3.8) is 0 Å². The van der Waals surface area contributed by atoms with Crippen LogP contribution in [-0.2, 0) is 12.6 Å². The molecule has 164 valence electrons. The summed E-state index contributed by atoms with van der Waals surface area (Å²) in [6, 6.07) is 11.9. The Morgan fingerprint density at radius 3 is 2.62 bits per heavy atom. The van der Waals surface area contributed by atoms with E-state index in [1.54, 1.807) is 11.0 Å². The number of aromatic nitrogens is 3. The standard InChI is InChI=1S/C23H19ClF3N5/c1-12-2-4-13(5-3-12)21-20-15(16-10-14(24)11-17(28)19(16)31-20)7-9-32(21)22-29-8-6-18(30-22)23(25,26)27/h2-6,8,10-11,21,31H,7,9,28H2,1H3. The van der Waals surface area contributed by atoms with Gasteiger partial charge in [0.1, 0.15) is 5.69 Å². The molecule has 1 unspecified atom stereocenters. The lowest BCUT2D eigenvalue weighted by atomic mass is 9.92. The van der Waals surface area contributed by atoms with Gasteiger partial charge in [-0.05, 0) is 42.7 Å². The van der Waals surface area contributed by atoms with Gasteiger partial charge in [0, 0.05) is 28.8 Å². The molecule has 0 amide bonds. The molecule has 1 atom stereocenters. The van der Waals surface area contributed by atoms with Crippen LogP contribution in [0.2, 0.25) is 5.02 Å². The summed E-state index contributed by atoms with van der Waals surface area (Å²) >= 11 is 6.25. The smallest absolute Gasteiger partial charge is 0.397 e. The highest BCUT2D eigenvalue weighted by molar-refractivity contribution is 6.32. The van der Waals surface area contributed by atoms with Crippen molar-refractivity contribution < 1.29 is 13.2 Å². The molecule has 0 saturated heterocycles. The maximum absolute atomic E-state index is 13.3. The Morgan fingerprint density at radius 1 is 1.16 bits per heavy atom. The number of nitrogen functional groups attached to an aromatic ring is 1. The van der Waals surface area contributed by atoms with Crippen molar-refractivity contribution >= 4 is 34.1 Å². The normalized spacial score (nSPS) is 16.4. The fourth-order valence-electron chi connectivity index (χ4n) is 4.34. The van der Waals surface area contributed by atoms with Gasteiger partial charge in [0.15, 0.2) is 0 Å². The number of hydrogen-bond acceptors (Lipinski definition) is 4. The van der Waals surface area contributed by atoms with Crippen LogP contribution in [0.1, 0.15) is 34.1 Å². The summed E-state index contributed by atoms with van der Waals surface area (Å²) < 4.78 is 40.0. The summed E-state index contributed by atoms with van der Waals surface area (Å²) in [6.45, 7) is 2.42. The summed E-state index contributed by atoms with van der Waals surface area (Å²) in [7, 11) is 0. The minimum absolute atomic E-state index is 0.0284. The fourth-order valence-corrected chi connectivity index (χ4v) is 4.56. The van der Waals surface area contributed by atoms with Gasteiger partial charge in [-0.3, -0.25) is 0 Å². The summed E-state index contributed by atoms with van der Waals surface area (Å²) in [6.07, 6.45) is -2.82. The van der Waals surface area contributed by atoms with Crippen LogP contribution in [0.15, 0.2) is 48.7 Å². The van der Waals surface area contributed by atoms with Gasteiger partial charge in [0.05, 0.1) is 17.2 Å². The Morgan fingerprint density at radius 2 is 1.91 bits per heavy atom. The maximum atomic E-state index is 13.3. The van der Waals surface area contributed by atoms with Crippen LogP contribution in [-0.4, -0.2) is 21.5 Å². The minimum atomic E-state index is -4.55. The first-order valence-electron chi connectivity index (χ1n) is 10.1. The number of nitrogens with zero attached hydrogens (tertiary/aromatic N) is 3. The average Bonchev–Trinajstić information content (AvgIpc) is 3.12. The van der Waals surface area contributed by atoms with E-state index in [2.05, 4.69) is 15.0 Å². The number of alkyl halides is 3. The SMILES string of the molecule is Cc1ccc(C2c3[nH]c4c(N)cc(Cl)cc4c3CCN2c2nccc(C(F)(F)F)n2)cc1. The number of nitrogens with two attached hydrogens (primary N) is 1. The molecule has 0 fully saturated rings. The molecule has 32 heavy (non-hydrogen) atoms. The third-order valence-electron chi connectivity index (χ3n) is 5.81. The Hall–Kier alpha value is -3.26. The molecule has 2 aromatic heterocycles. The lowest BCUT2D eigenvalue weighted by Crippen LogP contribution is -2.37. The number of fused-ring (bicyclic) bond motifs is 3. The van der Waals surface area contributed by atoms with Crippen molar-refractivity contribution in [3.05, 3.63) is 81.8 Å². The predicted octanol–water partition coefficient (Wildman–Crippen LogP) is 5.67. The van der Waals surface area contributed by atoms with Crippen LogP contribution in [0, 0.1) is 6.92 Å². The van der Waals surface area contributed by atoms with Crippen molar-refractivity contribution in [2.45, 2.75) is 25.6 Å². The Labute approximate surface area is 187 Å². The fraction of sp³-hybridized carbons (Fsp3) is 0.217. The molecule has 1 aliphatic rings. The third kappa shape index (κ3) is 3.44. The number of anilines is 2. The Kier molecular flexibility index (Phi) is 4.78. The zero-order chi connectivity index (χ0) is 22.6. The number of aryl methyl sites for hydroxylation is 1. The van der Waals surface area contributed by atoms with Crippen molar-refractivity contribution in [3.8, 4) is 0 Å². The van der Waals surface area contributed by atoms with Gasteiger partial charge < -0.3 is 15.6 Å². The molecule has 4 aromatic rings. The van der Waals surface area contributed by atoms with Gasteiger partial charge in [-0.2, -0.15) is 13.2 Å². The summed E-state index contributed by atoms with van der Waals surface area (Å²) in [5.41, 5.74) is 10.4. The van der Waals surface area contributed by atoms with Gasteiger partial charge in [0.25, 0.3) is 0 Å². The van der Waals surface area contributed by atoms with Crippen LogP contribution in [0.3, 0.4) is 0 Å². The van der Waals surface area contributed by atoms with E-state index in [-0.39, 0.29) is 5.95 Å². The monoisotopic (exact) mass is 457 g/mol. The largest absolute Gasteiger partial charge is 0.433 e. The molecule has 0 saturated carbocycles. The average molecular weight is 458 g/mol. The maximum Gasteiger partial charge on any atom is 0.433 e. The first-order chi connectivity index (χ1) is 15.2. The van der Waals surface area contributed by atoms with Gasteiger partial charge >= 0.3 is 6.18 Å². The minimum Gasteiger partial charge on any atom is -0.397 e.